The molecule has 0 saturated heterocycles. The Balaban J connectivity index is 2.61. The Hall–Kier alpha value is -2.70. The summed E-state index contributed by atoms with van der Waals surface area (Å²) in [7, 11) is 0. The number of carbonyl (C=O) groups excluding carboxylic acids is 3. The van der Waals surface area contributed by atoms with Crippen molar-refractivity contribution in [2.45, 2.75) is 38.8 Å². The predicted octanol–water partition coefficient (Wildman–Crippen LogP) is 0.282. The van der Waals surface area contributed by atoms with Crippen LogP contribution in [0.3, 0.4) is 0 Å². The molecule has 0 fully saturated rings. The van der Waals surface area contributed by atoms with Crippen LogP contribution in [-0.4, -0.2) is 40.8 Å². The molecule has 1 rings (SSSR count). The highest BCUT2D eigenvalue weighted by Crippen LogP contribution is 2.04. The summed E-state index contributed by atoms with van der Waals surface area (Å²) < 4.78 is 0. The minimum atomic E-state index is -1.16. The van der Waals surface area contributed by atoms with Crippen molar-refractivity contribution in [2.75, 3.05) is 0 Å². The number of carboxylic acid groups (broad SMARTS) is 1. The lowest BCUT2D eigenvalue weighted by molar-refractivity contribution is -0.142. The second-order valence-corrected chi connectivity index (χ2v) is 5.26. The number of ketones is 1. The van der Waals surface area contributed by atoms with E-state index < -0.39 is 29.9 Å². The molecule has 2 amide bonds. The lowest BCUT2D eigenvalue weighted by Gasteiger charge is -2.18. The first-order valence-corrected chi connectivity index (χ1v) is 7.15. The Morgan fingerprint density at radius 2 is 1.70 bits per heavy atom. The predicted molar refractivity (Wildman–Crippen MR) is 82.6 cm³/mol. The summed E-state index contributed by atoms with van der Waals surface area (Å²) in [4.78, 5) is 45.6. The molecule has 1 aromatic carbocycles. The molecular formula is C16H20N2O5. The van der Waals surface area contributed by atoms with Gasteiger partial charge in [-0.1, -0.05) is 30.3 Å². The van der Waals surface area contributed by atoms with Gasteiger partial charge < -0.3 is 15.7 Å². The lowest BCUT2D eigenvalue weighted by Crippen LogP contribution is -2.51. The molecule has 7 heteroatoms. The van der Waals surface area contributed by atoms with Crippen molar-refractivity contribution in [3.05, 3.63) is 35.9 Å². The molecule has 0 aliphatic carbocycles. The molecule has 0 saturated carbocycles. The monoisotopic (exact) mass is 320 g/mol. The van der Waals surface area contributed by atoms with E-state index in [0.717, 1.165) is 5.56 Å². The molecule has 7 nitrogen and oxygen atoms in total. The van der Waals surface area contributed by atoms with Crippen molar-refractivity contribution in [1.82, 2.24) is 10.6 Å². The number of aliphatic carboxylic acids is 1. The van der Waals surface area contributed by atoms with Crippen molar-refractivity contribution >= 4 is 23.6 Å². The number of hydrogen-bond acceptors (Lipinski definition) is 4. The first kappa shape index (κ1) is 18.3. The SMILES string of the molecule is CC(=O)CC(=O)N[C@H](C)C(=O)N[C@H](Cc1ccccc1)C(=O)O. The van der Waals surface area contributed by atoms with Crippen LogP contribution in [-0.2, 0) is 25.6 Å². The normalized spacial score (nSPS) is 12.8. The third-order valence-electron chi connectivity index (χ3n) is 3.08. The van der Waals surface area contributed by atoms with Crippen molar-refractivity contribution in [1.29, 1.82) is 0 Å². The Labute approximate surface area is 134 Å². The zero-order valence-electron chi connectivity index (χ0n) is 13.0. The van der Waals surface area contributed by atoms with E-state index in [1.165, 1.54) is 13.8 Å². The van der Waals surface area contributed by atoms with Crippen molar-refractivity contribution < 1.29 is 24.3 Å². The fraction of sp³-hybridized carbons (Fsp3) is 0.375. The number of benzene rings is 1. The molecule has 0 aliphatic rings. The maximum absolute atomic E-state index is 12.0. The Bertz CT molecular complexity index is 585. The van der Waals surface area contributed by atoms with Crippen LogP contribution in [0.2, 0.25) is 0 Å². The van der Waals surface area contributed by atoms with E-state index in [9.17, 15) is 24.3 Å². The van der Waals surface area contributed by atoms with Gasteiger partial charge in [-0.2, -0.15) is 0 Å². The Morgan fingerprint density at radius 3 is 2.22 bits per heavy atom. The van der Waals surface area contributed by atoms with Crippen LogP contribution in [0.15, 0.2) is 30.3 Å². The molecule has 0 aromatic heterocycles. The average Bonchev–Trinajstić information content (AvgIpc) is 2.46. The lowest BCUT2D eigenvalue weighted by atomic mass is 10.1. The Morgan fingerprint density at radius 1 is 1.09 bits per heavy atom. The van der Waals surface area contributed by atoms with Gasteiger partial charge in [-0.25, -0.2) is 4.79 Å². The number of carbonyl (C=O) groups is 4. The van der Waals surface area contributed by atoms with Gasteiger partial charge in [0.1, 0.15) is 17.9 Å². The van der Waals surface area contributed by atoms with Crippen LogP contribution >= 0.6 is 0 Å². The second-order valence-electron chi connectivity index (χ2n) is 5.26. The zero-order valence-corrected chi connectivity index (χ0v) is 13.0. The molecule has 0 heterocycles. The quantitative estimate of drug-likeness (QED) is 0.596. The Kier molecular flexibility index (Phi) is 6.92. The first-order valence-electron chi connectivity index (χ1n) is 7.15. The van der Waals surface area contributed by atoms with Crippen LogP contribution in [0.25, 0.3) is 0 Å². The molecule has 23 heavy (non-hydrogen) atoms. The van der Waals surface area contributed by atoms with Crippen molar-refractivity contribution in [3.8, 4) is 0 Å². The van der Waals surface area contributed by atoms with Gasteiger partial charge >= 0.3 is 5.97 Å². The maximum atomic E-state index is 12.0. The highest BCUT2D eigenvalue weighted by molar-refractivity contribution is 5.98. The standard InChI is InChI=1S/C16H20N2O5/c1-10(19)8-14(20)17-11(2)15(21)18-13(16(22)23)9-12-6-4-3-5-7-12/h3-7,11,13H,8-9H2,1-2H3,(H,17,20)(H,18,21)(H,22,23)/t11-,13-/m1/s1. The average molecular weight is 320 g/mol. The summed E-state index contributed by atoms with van der Waals surface area (Å²) >= 11 is 0. The van der Waals surface area contributed by atoms with Gasteiger partial charge in [-0.15, -0.1) is 0 Å². The summed E-state index contributed by atoms with van der Waals surface area (Å²) in [5.41, 5.74) is 0.772. The third-order valence-corrected chi connectivity index (χ3v) is 3.08. The van der Waals surface area contributed by atoms with E-state index in [0.29, 0.717) is 0 Å². The van der Waals surface area contributed by atoms with Gasteiger partial charge in [0.25, 0.3) is 0 Å². The van der Waals surface area contributed by atoms with E-state index in [1.54, 1.807) is 24.3 Å². The molecule has 0 unspecified atom stereocenters. The smallest absolute Gasteiger partial charge is 0.326 e. The van der Waals surface area contributed by atoms with Gasteiger partial charge in [0.15, 0.2) is 0 Å². The van der Waals surface area contributed by atoms with Gasteiger partial charge in [0, 0.05) is 6.42 Å². The fourth-order valence-corrected chi connectivity index (χ4v) is 1.93. The number of rotatable bonds is 8. The first-order chi connectivity index (χ1) is 10.8. The fourth-order valence-electron chi connectivity index (χ4n) is 1.93. The summed E-state index contributed by atoms with van der Waals surface area (Å²) in [6.45, 7) is 2.69. The van der Waals surface area contributed by atoms with Gasteiger partial charge in [0.05, 0.1) is 6.42 Å². The minimum Gasteiger partial charge on any atom is -0.480 e. The maximum Gasteiger partial charge on any atom is 0.326 e. The third kappa shape index (κ3) is 6.73. The number of carboxylic acids is 1. The number of amides is 2. The molecule has 0 radical (unpaired) electrons. The van der Waals surface area contributed by atoms with Crippen LogP contribution < -0.4 is 10.6 Å². The topological polar surface area (TPSA) is 113 Å². The molecule has 2 atom stereocenters. The van der Waals surface area contributed by atoms with Gasteiger partial charge in [-0.05, 0) is 19.4 Å². The van der Waals surface area contributed by atoms with Gasteiger partial charge in [-0.3, -0.25) is 14.4 Å². The minimum absolute atomic E-state index is 0.135. The summed E-state index contributed by atoms with van der Waals surface area (Å²) in [6.07, 6.45) is -0.181. The number of nitrogens with one attached hydrogen (secondary N) is 2. The molecule has 0 spiro atoms. The largest absolute Gasteiger partial charge is 0.480 e. The number of Topliss-reactive ketones (excluding diaryl/α,β-unsaturated/α-hetero) is 1. The highest BCUT2D eigenvalue weighted by Gasteiger charge is 2.24. The summed E-state index contributed by atoms with van der Waals surface area (Å²) in [5, 5.41) is 14.0. The van der Waals surface area contributed by atoms with E-state index in [-0.39, 0.29) is 18.6 Å². The van der Waals surface area contributed by atoms with Crippen LogP contribution in [0.4, 0.5) is 0 Å². The zero-order chi connectivity index (χ0) is 17.4. The van der Waals surface area contributed by atoms with Crippen LogP contribution in [0.1, 0.15) is 25.8 Å². The van der Waals surface area contributed by atoms with E-state index in [1.807, 2.05) is 6.07 Å². The number of hydrogen-bond donors (Lipinski definition) is 3. The van der Waals surface area contributed by atoms with Crippen molar-refractivity contribution in [2.24, 2.45) is 0 Å². The van der Waals surface area contributed by atoms with E-state index >= 15 is 0 Å². The molecule has 0 aliphatic heterocycles. The summed E-state index contributed by atoms with van der Waals surface area (Å²) in [6, 6.07) is 6.86. The van der Waals surface area contributed by atoms with E-state index in [2.05, 4.69) is 10.6 Å². The molecule has 124 valence electrons. The van der Waals surface area contributed by atoms with Crippen LogP contribution in [0, 0.1) is 0 Å². The molecule has 3 N–H and O–H groups in total. The summed E-state index contributed by atoms with van der Waals surface area (Å²) in [5.74, 6) is -2.67. The van der Waals surface area contributed by atoms with Crippen LogP contribution in [0.5, 0.6) is 0 Å². The van der Waals surface area contributed by atoms with Gasteiger partial charge in [0.2, 0.25) is 11.8 Å². The van der Waals surface area contributed by atoms with E-state index in [4.69, 9.17) is 0 Å². The molecular weight excluding hydrogens is 300 g/mol. The molecule has 1 aromatic rings. The van der Waals surface area contributed by atoms with Crippen molar-refractivity contribution in [3.63, 3.8) is 0 Å². The molecule has 0 bridgehead atoms. The second kappa shape index (κ2) is 8.67. The highest BCUT2D eigenvalue weighted by atomic mass is 16.4.